The van der Waals surface area contributed by atoms with Gasteiger partial charge in [0, 0.05) is 10.9 Å². The Morgan fingerprint density at radius 1 is 0.842 bits per heavy atom. The number of furan rings is 1. The summed E-state index contributed by atoms with van der Waals surface area (Å²) in [5, 5.41) is 1.09. The largest absolute Gasteiger partial charge is 0.493 e. The molecule has 0 aliphatic carbocycles. The summed E-state index contributed by atoms with van der Waals surface area (Å²) in [7, 11) is 3.25. The van der Waals surface area contributed by atoms with Gasteiger partial charge in [-0.2, -0.15) is 0 Å². The molecule has 0 aliphatic heterocycles. The molecule has 0 saturated heterocycles. The maximum atomic E-state index is 5.83. The Balaban J connectivity index is 2.10. The van der Waals surface area contributed by atoms with Gasteiger partial charge in [-0.25, -0.2) is 0 Å². The standard InChI is InChI=1S/C16H14O3/c1-17-14-8-7-12(10-16(14)18-2)15-9-11-5-3-4-6-13(11)19-15/h3-10H,1-2H3. The zero-order valence-corrected chi connectivity index (χ0v) is 10.8. The van der Waals surface area contributed by atoms with E-state index >= 15 is 0 Å². The molecule has 2 aromatic carbocycles. The Bertz CT molecular complexity index is 680. The van der Waals surface area contributed by atoms with Gasteiger partial charge in [0.2, 0.25) is 0 Å². The molecule has 0 bridgehead atoms. The van der Waals surface area contributed by atoms with Crippen molar-refractivity contribution in [3.8, 4) is 22.8 Å². The van der Waals surface area contributed by atoms with Crippen LogP contribution in [0.3, 0.4) is 0 Å². The minimum absolute atomic E-state index is 0.695. The molecule has 0 aliphatic rings. The van der Waals surface area contributed by atoms with Crippen LogP contribution in [0.1, 0.15) is 0 Å². The van der Waals surface area contributed by atoms with Crippen molar-refractivity contribution in [1.82, 2.24) is 0 Å². The summed E-state index contributed by atoms with van der Waals surface area (Å²) >= 11 is 0. The number of hydrogen-bond donors (Lipinski definition) is 0. The third kappa shape index (κ3) is 2.03. The topological polar surface area (TPSA) is 31.6 Å². The van der Waals surface area contributed by atoms with Crippen molar-refractivity contribution >= 4 is 11.0 Å². The second-order valence-electron chi connectivity index (χ2n) is 4.22. The van der Waals surface area contributed by atoms with Crippen LogP contribution in [0, 0.1) is 0 Å². The molecule has 96 valence electrons. The summed E-state index contributed by atoms with van der Waals surface area (Å²) in [5.74, 6) is 2.23. The highest BCUT2D eigenvalue weighted by atomic mass is 16.5. The Morgan fingerprint density at radius 2 is 1.63 bits per heavy atom. The van der Waals surface area contributed by atoms with E-state index in [0.29, 0.717) is 11.5 Å². The highest BCUT2D eigenvalue weighted by Gasteiger charge is 2.09. The molecular weight excluding hydrogens is 240 g/mol. The van der Waals surface area contributed by atoms with E-state index in [1.54, 1.807) is 14.2 Å². The molecule has 3 rings (SSSR count). The normalized spacial score (nSPS) is 10.6. The van der Waals surface area contributed by atoms with Gasteiger partial charge in [0.1, 0.15) is 11.3 Å². The minimum Gasteiger partial charge on any atom is -0.493 e. The minimum atomic E-state index is 0.695. The fourth-order valence-electron chi connectivity index (χ4n) is 2.11. The fourth-order valence-corrected chi connectivity index (χ4v) is 2.11. The Kier molecular flexibility index (Phi) is 2.88. The second kappa shape index (κ2) is 4.69. The lowest BCUT2D eigenvalue weighted by Crippen LogP contribution is -1.90. The molecule has 0 saturated carbocycles. The number of ether oxygens (including phenoxy) is 2. The summed E-state index contributed by atoms with van der Waals surface area (Å²) in [6.45, 7) is 0. The third-order valence-corrected chi connectivity index (χ3v) is 3.09. The van der Waals surface area contributed by atoms with Gasteiger partial charge in [-0.3, -0.25) is 0 Å². The van der Waals surface area contributed by atoms with Gasteiger partial charge in [0.25, 0.3) is 0 Å². The Hall–Kier alpha value is -2.42. The molecule has 3 aromatic rings. The summed E-state index contributed by atoms with van der Waals surface area (Å²) in [4.78, 5) is 0. The lowest BCUT2D eigenvalue weighted by Gasteiger charge is -2.08. The molecule has 0 fully saturated rings. The van der Waals surface area contributed by atoms with E-state index < -0.39 is 0 Å². The second-order valence-corrected chi connectivity index (χ2v) is 4.22. The molecule has 19 heavy (non-hydrogen) atoms. The van der Waals surface area contributed by atoms with Gasteiger partial charge in [-0.05, 0) is 30.3 Å². The molecule has 0 radical (unpaired) electrons. The number of para-hydroxylation sites is 1. The molecule has 0 unspecified atom stereocenters. The van der Waals surface area contributed by atoms with Crippen molar-refractivity contribution in [2.75, 3.05) is 14.2 Å². The zero-order chi connectivity index (χ0) is 13.2. The Morgan fingerprint density at radius 3 is 2.37 bits per heavy atom. The lowest BCUT2D eigenvalue weighted by molar-refractivity contribution is 0.355. The number of methoxy groups -OCH3 is 2. The van der Waals surface area contributed by atoms with E-state index in [1.165, 1.54) is 0 Å². The zero-order valence-electron chi connectivity index (χ0n) is 10.8. The van der Waals surface area contributed by atoms with Crippen molar-refractivity contribution in [2.45, 2.75) is 0 Å². The maximum absolute atomic E-state index is 5.83. The quantitative estimate of drug-likeness (QED) is 0.704. The summed E-state index contributed by atoms with van der Waals surface area (Å²) in [5.41, 5.74) is 1.85. The van der Waals surface area contributed by atoms with E-state index in [9.17, 15) is 0 Å². The maximum Gasteiger partial charge on any atom is 0.161 e. The molecule has 0 amide bonds. The average Bonchev–Trinajstić information content (AvgIpc) is 2.90. The number of benzene rings is 2. The van der Waals surface area contributed by atoms with E-state index in [0.717, 1.165) is 22.3 Å². The smallest absolute Gasteiger partial charge is 0.161 e. The first-order valence-corrected chi connectivity index (χ1v) is 6.03. The van der Waals surface area contributed by atoms with Crippen LogP contribution in [-0.4, -0.2) is 14.2 Å². The molecule has 3 heteroatoms. The van der Waals surface area contributed by atoms with Gasteiger partial charge in [-0.15, -0.1) is 0 Å². The molecule has 1 aromatic heterocycles. The van der Waals surface area contributed by atoms with Crippen LogP contribution < -0.4 is 9.47 Å². The van der Waals surface area contributed by atoms with Crippen LogP contribution in [-0.2, 0) is 0 Å². The van der Waals surface area contributed by atoms with E-state index in [2.05, 4.69) is 0 Å². The van der Waals surface area contributed by atoms with Gasteiger partial charge in [0.15, 0.2) is 11.5 Å². The fraction of sp³-hybridized carbons (Fsp3) is 0.125. The van der Waals surface area contributed by atoms with E-state index in [-0.39, 0.29) is 0 Å². The van der Waals surface area contributed by atoms with Crippen molar-refractivity contribution in [1.29, 1.82) is 0 Å². The SMILES string of the molecule is COc1ccc(-c2cc3ccccc3o2)cc1OC. The highest BCUT2D eigenvalue weighted by Crippen LogP contribution is 2.34. The molecule has 0 spiro atoms. The van der Waals surface area contributed by atoms with Crippen LogP contribution in [0.15, 0.2) is 52.9 Å². The Labute approximate surface area is 111 Å². The summed E-state index contributed by atoms with van der Waals surface area (Å²) in [6.07, 6.45) is 0. The van der Waals surface area contributed by atoms with Crippen molar-refractivity contribution in [3.05, 3.63) is 48.5 Å². The molecule has 3 nitrogen and oxygen atoms in total. The molecule has 0 N–H and O–H groups in total. The van der Waals surface area contributed by atoms with Gasteiger partial charge in [0.05, 0.1) is 14.2 Å². The number of fused-ring (bicyclic) bond motifs is 1. The van der Waals surface area contributed by atoms with Gasteiger partial charge in [-0.1, -0.05) is 18.2 Å². The number of rotatable bonds is 3. The molecular formula is C16H14O3. The van der Waals surface area contributed by atoms with Crippen LogP contribution in [0.2, 0.25) is 0 Å². The summed E-state index contributed by atoms with van der Waals surface area (Å²) < 4.78 is 16.4. The number of hydrogen-bond acceptors (Lipinski definition) is 3. The average molecular weight is 254 g/mol. The monoisotopic (exact) mass is 254 g/mol. The van der Waals surface area contributed by atoms with Crippen LogP contribution in [0.4, 0.5) is 0 Å². The van der Waals surface area contributed by atoms with Crippen LogP contribution >= 0.6 is 0 Å². The van der Waals surface area contributed by atoms with Gasteiger partial charge >= 0.3 is 0 Å². The van der Waals surface area contributed by atoms with Gasteiger partial charge < -0.3 is 13.9 Å². The first kappa shape index (κ1) is 11.7. The summed E-state index contributed by atoms with van der Waals surface area (Å²) in [6, 6.07) is 15.7. The first-order valence-electron chi connectivity index (χ1n) is 6.03. The predicted octanol–water partition coefficient (Wildman–Crippen LogP) is 4.12. The van der Waals surface area contributed by atoms with Crippen molar-refractivity contribution in [2.24, 2.45) is 0 Å². The van der Waals surface area contributed by atoms with Crippen molar-refractivity contribution < 1.29 is 13.9 Å². The van der Waals surface area contributed by atoms with Crippen molar-refractivity contribution in [3.63, 3.8) is 0 Å². The molecule has 0 atom stereocenters. The van der Waals surface area contributed by atoms with Crippen LogP contribution in [0.25, 0.3) is 22.3 Å². The molecule has 1 heterocycles. The third-order valence-electron chi connectivity index (χ3n) is 3.09. The van der Waals surface area contributed by atoms with E-state index in [1.807, 2.05) is 48.5 Å². The first-order chi connectivity index (χ1) is 9.31. The van der Waals surface area contributed by atoms with E-state index in [4.69, 9.17) is 13.9 Å². The highest BCUT2D eigenvalue weighted by molar-refractivity contribution is 5.83. The predicted molar refractivity (Wildman–Crippen MR) is 74.8 cm³/mol. The van der Waals surface area contributed by atoms with Crippen LogP contribution in [0.5, 0.6) is 11.5 Å². The lowest BCUT2D eigenvalue weighted by atomic mass is 10.1.